The number of benzene rings is 1. The van der Waals surface area contributed by atoms with Gasteiger partial charge in [-0.1, -0.05) is 6.42 Å². The molecule has 2 rings (SSSR count). The number of nitrogens with zero attached hydrogens (tertiary/aromatic N) is 2. The van der Waals surface area contributed by atoms with Crippen LogP contribution in [-0.2, 0) is 11.2 Å². The van der Waals surface area contributed by atoms with Crippen LogP contribution in [-0.4, -0.2) is 23.3 Å². The normalized spacial score (nSPS) is 13.7. The third-order valence-corrected chi connectivity index (χ3v) is 3.49. The van der Waals surface area contributed by atoms with Crippen LogP contribution in [0, 0.1) is 10.1 Å². The standard InChI is InChI=1S/C13H15ClN2O3/c14-6-2-1-3-7-15-12-5-4-11(16(18)19)8-10(12)9-13(15)17/h4-5,8H,1-3,6-7,9H2. The Balaban J connectivity index is 2.09. The van der Waals surface area contributed by atoms with Gasteiger partial charge in [0.25, 0.3) is 5.69 Å². The van der Waals surface area contributed by atoms with E-state index >= 15 is 0 Å². The molecule has 19 heavy (non-hydrogen) atoms. The largest absolute Gasteiger partial charge is 0.312 e. The maximum Gasteiger partial charge on any atom is 0.269 e. The number of non-ortho nitro benzene ring substituents is 1. The van der Waals surface area contributed by atoms with Gasteiger partial charge in [-0.05, 0) is 24.5 Å². The van der Waals surface area contributed by atoms with Crippen molar-refractivity contribution in [2.75, 3.05) is 17.3 Å². The topological polar surface area (TPSA) is 63.4 Å². The van der Waals surface area contributed by atoms with Crippen LogP contribution in [0.4, 0.5) is 11.4 Å². The summed E-state index contributed by atoms with van der Waals surface area (Å²) in [5.41, 5.74) is 1.59. The SMILES string of the molecule is O=C1Cc2cc([N+](=O)[O-])ccc2N1CCCCCCl. The first kappa shape index (κ1) is 13.8. The number of anilines is 1. The number of nitro groups is 1. The summed E-state index contributed by atoms with van der Waals surface area (Å²) in [6, 6.07) is 4.61. The highest BCUT2D eigenvalue weighted by Gasteiger charge is 2.28. The summed E-state index contributed by atoms with van der Waals surface area (Å²) in [6.07, 6.45) is 3.08. The van der Waals surface area contributed by atoms with Crippen molar-refractivity contribution < 1.29 is 9.72 Å². The summed E-state index contributed by atoms with van der Waals surface area (Å²) in [5.74, 6) is 0.651. The molecule has 0 aliphatic carbocycles. The van der Waals surface area contributed by atoms with E-state index in [4.69, 9.17) is 11.6 Å². The van der Waals surface area contributed by atoms with Gasteiger partial charge >= 0.3 is 0 Å². The molecule has 5 nitrogen and oxygen atoms in total. The Labute approximate surface area is 116 Å². The first-order valence-corrected chi connectivity index (χ1v) is 6.80. The number of hydrogen-bond acceptors (Lipinski definition) is 3. The Hall–Kier alpha value is -1.62. The quantitative estimate of drug-likeness (QED) is 0.349. The molecule has 1 aromatic rings. The lowest BCUT2D eigenvalue weighted by Crippen LogP contribution is -2.27. The molecule has 0 atom stereocenters. The maximum absolute atomic E-state index is 11.9. The number of alkyl halides is 1. The molecule has 0 spiro atoms. The molecule has 1 amide bonds. The van der Waals surface area contributed by atoms with Crippen LogP contribution in [0.3, 0.4) is 0 Å². The lowest BCUT2D eigenvalue weighted by atomic mass is 10.1. The summed E-state index contributed by atoms with van der Waals surface area (Å²) in [4.78, 5) is 23.9. The molecule has 1 aromatic carbocycles. The second-order valence-corrected chi connectivity index (χ2v) is 4.92. The molecule has 0 saturated heterocycles. The van der Waals surface area contributed by atoms with E-state index in [1.807, 2.05) is 0 Å². The number of carbonyl (C=O) groups is 1. The number of carbonyl (C=O) groups excluding carboxylic acids is 1. The molecule has 0 N–H and O–H groups in total. The Bertz CT molecular complexity index is 505. The van der Waals surface area contributed by atoms with E-state index in [9.17, 15) is 14.9 Å². The first-order valence-electron chi connectivity index (χ1n) is 6.27. The van der Waals surface area contributed by atoms with Crippen molar-refractivity contribution in [2.45, 2.75) is 25.7 Å². The van der Waals surface area contributed by atoms with Crippen LogP contribution in [0.25, 0.3) is 0 Å². The molecular weight excluding hydrogens is 268 g/mol. The third kappa shape index (κ3) is 3.04. The molecular formula is C13H15ClN2O3. The first-order chi connectivity index (χ1) is 9.13. The Morgan fingerprint density at radius 2 is 2.11 bits per heavy atom. The molecule has 0 bridgehead atoms. The van der Waals surface area contributed by atoms with Gasteiger partial charge in [0, 0.05) is 30.2 Å². The van der Waals surface area contributed by atoms with Crippen molar-refractivity contribution in [3.05, 3.63) is 33.9 Å². The van der Waals surface area contributed by atoms with Crippen molar-refractivity contribution in [3.63, 3.8) is 0 Å². The Kier molecular flexibility index (Phi) is 4.37. The van der Waals surface area contributed by atoms with E-state index < -0.39 is 4.92 Å². The summed E-state index contributed by atoms with van der Waals surface area (Å²) < 4.78 is 0. The molecule has 0 fully saturated rings. The zero-order chi connectivity index (χ0) is 13.8. The Morgan fingerprint density at radius 3 is 2.79 bits per heavy atom. The van der Waals surface area contributed by atoms with Crippen molar-refractivity contribution >= 4 is 28.9 Å². The fourth-order valence-corrected chi connectivity index (χ4v) is 2.46. The van der Waals surface area contributed by atoms with Crippen LogP contribution in [0.5, 0.6) is 0 Å². The summed E-state index contributed by atoms with van der Waals surface area (Å²) in [6.45, 7) is 0.653. The van der Waals surface area contributed by atoms with Gasteiger partial charge in [0.2, 0.25) is 5.91 Å². The molecule has 6 heteroatoms. The van der Waals surface area contributed by atoms with E-state index in [0.717, 1.165) is 30.5 Å². The summed E-state index contributed by atoms with van der Waals surface area (Å²) in [7, 11) is 0. The van der Waals surface area contributed by atoms with Crippen molar-refractivity contribution in [2.24, 2.45) is 0 Å². The molecule has 1 aliphatic heterocycles. The number of unbranched alkanes of at least 4 members (excludes halogenated alkanes) is 2. The van der Waals surface area contributed by atoms with Gasteiger partial charge in [0.15, 0.2) is 0 Å². The molecule has 0 aromatic heterocycles. The van der Waals surface area contributed by atoms with Gasteiger partial charge < -0.3 is 4.90 Å². The van der Waals surface area contributed by atoms with Gasteiger partial charge in [-0.3, -0.25) is 14.9 Å². The minimum absolute atomic E-state index is 0.0152. The van der Waals surface area contributed by atoms with Crippen LogP contribution in [0.1, 0.15) is 24.8 Å². The zero-order valence-electron chi connectivity index (χ0n) is 10.5. The minimum Gasteiger partial charge on any atom is -0.312 e. The highest BCUT2D eigenvalue weighted by Crippen LogP contribution is 2.32. The highest BCUT2D eigenvalue weighted by atomic mass is 35.5. The zero-order valence-corrected chi connectivity index (χ0v) is 11.2. The van der Waals surface area contributed by atoms with E-state index in [1.165, 1.54) is 12.1 Å². The van der Waals surface area contributed by atoms with Gasteiger partial charge in [-0.2, -0.15) is 0 Å². The summed E-state index contributed by atoms with van der Waals surface area (Å²) >= 11 is 5.61. The van der Waals surface area contributed by atoms with Crippen LogP contribution in [0.2, 0.25) is 0 Å². The second-order valence-electron chi connectivity index (χ2n) is 4.54. The third-order valence-electron chi connectivity index (χ3n) is 3.22. The fourth-order valence-electron chi connectivity index (χ4n) is 2.27. The number of fused-ring (bicyclic) bond motifs is 1. The minimum atomic E-state index is -0.437. The average Bonchev–Trinajstić information content (AvgIpc) is 2.69. The van der Waals surface area contributed by atoms with Gasteiger partial charge in [-0.25, -0.2) is 0 Å². The van der Waals surface area contributed by atoms with E-state index in [0.29, 0.717) is 12.4 Å². The molecule has 0 unspecified atom stereocenters. The number of nitro benzene ring substituents is 1. The van der Waals surface area contributed by atoms with Crippen LogP contribution >= 0.6 is 11.6 Å². The smallest absolute Gasteiger partial charge is 0.269 e. The van der Waals surface area contributed by atoms with Gasteiger partial charge in [-0.15, -0.1) is 11.6 Å². The molecule has 0 radical (unpaired) electrons. The highest BCUT2D eigenvalue weighted by molar-refractivity contribution is 6.17. The number of hydrogen-bond donors (Lipinski definition) is 0. The van der Waals surface area contributed by atoms with Crippen LogP contribution < -0.4 is 4.90 Å². The van der Waals surface area contributed by atoms with Gasteiger partial charge in [0.05, 0.1) is 11.3 Å². The lowest BCUT2D eigenvalue weighted by molar-refractivity contribution is -0.384. The monoisotopic (exact) mass is 282 g/mol. The number of amides is 1. The van der Waals surface area contributed by atoms with E-state index in [1.54, 1.807) is 11.0 Å². The molecule has 1 aliphatic rings. The Morgan fingerprint density at radius 1 is 1.32 bits per heavy atom. The predicted molar refractivity (Wildman–Crippen MR) is 73.7 cm³/mol. The van der Waals surface area contributed by atoms with Crippen molar-refractivity contribution in [1.29, 1.82) is 0 Å². The van der Waals surface area contributed by atoms with Crippen LogP contribution in [0.15, 0.2) is 18.2 Å². The molecule has 0 saturated carbocycles. The maximum atomic E-state index is 11.9. The fraction of sp³-hybridized carbons (Fsp3) is 0.462. The predicted octanol–water partition coefficient (Wildman–Crippen LogP) is 2.89. The lowest BCUT2D eigenvalue weighted by Gasteiger charge is -2.17. The second kappa shape index (κ2) is 6.02. The average molecular weight is 283 g/mol. The van der Waals surface area contributed by atoms with Crippen molar-refractivity contribution in [1.82, 2.24) is 0 Å². The number of halogens is 1. The van der Waals surface area contributed by atoms with Crippen molar-refractivity contribution in [3.8, 4) is 0 Å². The molecule has 102 valence electrons. The van der Waals surface area contributed by atoms with E-state index in [2.05, 4.69) is 0 Å². The summed E-state index contributed by atoms with van der Waals surface area (Å²) in [5, 5.41) is 10.7. The number of rotatable bonds is 6. The van der Waals surface area contributed by atoms with E-state index in [-0.39, 0.29) is 18.0 Å². The van der Waals surface area contributed by atoms with Gasteiger partial charge in [0.1, 0.15) is 0 Å². The molecule has 1 heterocycles.